The third-order valence-electron chi connectivity index (χ3n) is 4.64. The van der Waals surface area contributed by atoms with Crippen LogP contribution in [0.4, 0.5) is 0 Å². The van der Waals surface area contributed by atoms with Crippen LogP contribution in [0.1, 0.15) is 43.7 Å². The molecule has 1 saturated carbocycles. The molecule has 3 rings (SSSR count). The molecule has 3 nitrogen and oxygen atoms in total. The van der Waals surface area contributed by atoms with Crippen molar-refractivity contribution < 1.29 is 0 Å². The van der Waals surface area contributed by atoms with Crippen LogP contribution in [0, 0.1) is 0 Å². The summed E-state index contributed by atoms with van der Waals surface area (Å²) in [6.45, 7) is 3.66. The topological polar surface area (TPSA) is 41.3 Å². The summed E-state index contributed by atoms with van der Waals surface area (Å²) in [6.07, 6.45) is 6.41. The molecular weight excluding hydrogens is 246 g/mol. The fourth-order valence-electron chi connectivity index (χ4n) is 3.22. The number of rotatable bonds is 7. The predicted molar refractivity (Wildman–Crippen MR) is 83.6 cm³/mol. The van der Waals surface area contributed by atoms with Crippen molar-refractivity contribution in [1.82, 2.24) is 10.2 Å². The van der Waals surface area contributed by atoms with Crippen LogP contribution in [0.5, 0.6) is 0 Å². The highest BCUT2D eigenvalue weighted by Crippen LogP contribution is 2.29. The highest BCUT2D eigenvalue weighted by molar-refractivity contribution is 5.18. The monoisotopic (exact) mass is 273 g/mol. The largest absolute Gasteiger partial charge is 0.324 e. The van der Waals surface area contributed by atoms with Gasteiger partial charge in [-0.05, 0) is 44.2 Å². The zero-order valence-electron chi connectivity index (χ0n) is 12.3. The van der Waals surface area contributed by atoms with Crippen LogP contribution in [0.25, 0.3) is 0 Å². The van der Waals surface area contributed by atoms with Crippen molar-refractivity contribution >= 4 is 0 Å². The Labute approximate surface area is 122 Å². The molecular formula is C17H27N3. The van der Waals surface area contributed by atoms with Crippen molar-refractivity contribution in [3.05, 3.63) is 35.9 Å². The Hall–Kier alpha value is -0.900. The zero-order chi connectivity index (χ0) is 13.8. The van der Waals surface area contributed by atoms with Crippen LogP contribution in [0.15, 0.2) is 30.3 Å². The molecule has 1 aliphatic carbocycles. The second-order valence-corrected chi connectivity index (χ2v) is 6.33. The Morgan fingerprint density at radius 2 is 2.00 bits per heavy atom. The molecule has 1 aromatic carbocycles. The minimum absolute atomic E-state index is 0.185. The van der Waals surface area contributed by atoms with Crippen molar-refractivity contribution in [3.63, 3.8) is 0 Å². The molecule has 1 aromatic rings. The van der Waals surface area contributed by atoms with E-state index in [-0.39, 0.29) is 6.04 Å². The van der Waals surface area contributed by atoms with E-state index in [1.165, 1.54) is 37.9 Å². The Balaban J connectivity index is 1.30. The Bertz CT molecular complexity index is 402. The highest BCUT2D eigenvalue weighted by Gasteiger charge is 2.33. The highest BCUT2D eigenvalue weighted by atomic mass is 15.2. The van der Waals surface area contributed by atoms with Gasteiger partial charge < -0.3 is 11.1 Å². The van der Waals surface area contributed by atoms with Crippen molar-refractivity contribution in [2.45, 2.75) is 50.2 Å². The third kappa shape index (κ3) is 3.81. The lowest BCUT2D eigenvalue weighted by molar-refractivity contribution is 0.317. The Kier molecular flexibility index (Phi) is 4.71. The molecule has 2 unspecified atom stereocenters. The molecule has 1 aliphatic heterocycles. The number of nitrogens with two attached hydrogens (primary N) is 1. The summed E-state index contributed by atoms with van der Waals surface area (Å²) < 4.78 is 0. The summed E-state index contributed by atoms with van der Waals surface area (Å²) in [5, 5.41) is 3.70. The summed E-state index contributed by atoms with van der Waals surface area (Å²) in [5.74, 6) is 0. The first-order valence-electron chi connectivity index (χ1n) is 8.11. The van der Waals surface area contributed by atoms with Gasteiger partial charge in [0.2, 0.25) is 0 Å². The average Bonchev–Trinajstić information content (AvgIpc) is 3.24. The maximum Gasteiger partial charge on any atom is 0.0295 e. The molecule has 3 N–H and O–H groups in total. The second-order valence-electron chi connectivity index (χ2n) is 6.33. The number of likely N-dealkylation sites (tertiary alicyclic amines) is 1. The molecule has 2 aliphatic rings. The van der Waals surface area contributed by atoms with E-state index in [4.69, 9.17) is 5.73 Å². The molecule has 2 atom stereocenters. The number of nitrogens with one attached hydrogen (secondary N) is 1. The van der Waals surface area contributed by atoms with Gasteiger partial charge >= 0.3 is 0 Å². The van der Waals surface area contributed by atoms with Gasteiger partial charge in [0, 0.05) is 31.2 Å². The maximum absolute atomic E-state index is 6.22. The van der Waals surface area contributed by atoms with Crippen LogP contribution in [0.3, 0.4) is 0 Å². The first-order valence-corrected chi connectivity index (χ1v) is 8.11. The van der Waals surface area contributed by atoms with Crippen molar-refractivity contribution in [3.8, 4) is 0 Å². The molecule has 110 valence electrons. The molecule has 1 saturated heterocycles. The van der Waals surface area contributed by atoms with E-state index in [2.05, 4.69) is 34.5 Å². The molecule has 1 heterocycles. The molecule has 0 radical (unpaired) electrons. The van der Waals surface area contributed by atoms with Crippen molar-refractivity contribution in [2.24, 2.45) is 5.73 Å². The van der Waals surface area contributed by atoms with Crippen LogP contribution < -0.4 is 11.1 Å². The van der Waals surface area contributed by atoms with Gasteiger partial charge in [-0.3, -0.25) is 4.90 Å². The normalized spacial score (nSPS) is 24.9. The van der Waals surface area contributed by atoms with Crippen LogP contribution in [-0.2, 0) is 0 Å². The van der Waals surface area contributed by atoms with Gasteiger partial charge in [-0.25, -0.2) is 0 Å². The smallest absolute Gasteiger partial charge is 0.0295 e. The van der Waals surface area contributed by atoms with Gasteiger partial charge in [-0.1, -0.05) is 30.3 Å². The standard InChI is InChI=1S/C17H27N3/c18-17(14-5-2-1-3-6-14)7-4-11-19-15-10-12-20(13-15)16-8-9-16/h1-3,5-6,15-17,19H,4,7-13,18H2. The van der Waals surface area contributed by atoms with Gasteiger partial charge in [-0.2, -0.15) is 0 Å². The fourth-order valence-corrected chi connectivity index (χ4v) is 3.22. The molecule has 0 aromatic heterocycles. The molecule has 0 bridgehead atoms. The van der Waals surface area contributed by atoms with Crippen molar-refractivity contribution in [2.75, 3.05) is 19.6 Å². The molecule has 20 heavy (non-hydrogen) atoms. The minimum Gasteiger partial charge on any atom is -0.324 e. The molecule has 3 heteroatoms. The van der Waals surface area contributed by atoms with Crippen molar-refractivity contribution in [1.29, 1.82) is 0 Å². The van der Waals surface area contributed by atoms with E-state index in [1.807, 2.05) is 6.07 Å². The van der Waals surface area contributed by atoms with E-state index in [0.717, 1.165) is 25.4 Å². The molecule has 0 spiro atoms. The Morgan fingerprint density at radius 1 is 1.20 bits per heavy atom. The summed E-state index contributed by atoms with van der Waals surface area (Å²) in [5.41, 5.74) is 7.48. The van der Waals surface area contributed by atoms with Gasteiger partial charge in [-0.15, -0.1) is 0 Å². The van der Waals surface area contributed by atoms with Gasteiger partial charge in [0.1, 0.15) is 0 Å². The SMILES string of the molecule is NC(CCCNC1CCN(C2CC2)C1)c1ccccc1. The summed E-state index contributed by atoms with van der Waals surface area (Å²) >= 11 is 0. The average molecular weight is 273 g/mol. The number of hydrogen-bond donors (Lipinski definition) is 2. The second kappa shape index (κ2) is 6.70. The lowest BCUT2D eigenvalue weighted by Gasteiger charge is -2.16. The van der Waals surface area contributed by atoms with Gasteiger partial charge in [0.15, 0.2) is 0 Å². The predicted octanol–water partition coefficient (Wildman–Crippen LogP) is 2.29. The first-order chi connectivity index (χ1) is 9.83. The zero-order valence-corrected chi connectivity index (χ0v) is 12.3. The van der Waals surface area contributed by atoms with Gasteiger partial charge in [0.25, 0.3) is 0 Å². The van der Waals surface area contributed by atoms with Crippen LogP contribution in [0.2, 0.25) is 0 Å². The van der Waals surface area contributed by atoms with E-state index in [0.29, 0.717) is 6.04 Å². The van der Waals surface area contributed by atoms with E-state index >= 15 is 0 Å². The minimum atomic E-state index is 0.185. The maximum atomic E-state index is 6.22. The number of benzene rings is 1. The first kappa shape index (κ1) is 14.1. The fraction of sp³-hybridized carbons (Fsp3) is 0.647. The van der Waals surface area contributed by atoms with Crippen LogP contribution in [-0.4, -0.2) is 36.6 Å². The molecule has 0 amide bonds. The quantitative estimate of drug-likeness (QED) is 0.749. The van der Waals surface area contributed by atoms with E-state index < -0.39 is 0 Å². The van der Waals surface area contributed by atoms with Crippen LogP contribution >= 0.6 is 0 Å². The number of hydrogen-bond acceptors (Lipinski definition) is 3. The van der Waals surface area contributed by atoms with E-state index in [9.17, 15) is 0 Å². The lowest BCUT2D eigenvalue weighted by atomic mass is 10.0. The summed E-state index contributed by atoms with van der Waals surface area (Å²) in [4.78, 5) is 2.66. The summed E-state index contributed by atoms with van der Waals surface area (Å²) in [7, 11) is 0. The third-order valence-corrected chi connectivity index (χ3v) is 4.64. The Morgan fingerprint density at radius 3 is 2.75 bits per heavy atom. The molecule has 2 fully saturated rings. The summed E-state index contributed by atoms with van der Waals surface area (Å²) in [6, 6.07) is 12.3. The van der Waals surface area contributed by atoms with E-state index in [1.54, 1.807) is 0 Å². The number of nitrogens with zero attached hydrogens (tertiary/aromatic N) is 1. The lowest BCUT2D eigenvalue weighted by Crippen LogP contribution is -2.34. The van der Waals surface area contributed by atoms with Gasteiger partial charge in [0.05, 0.1) is 0 Å².